The first-order chi connectivity index (χ1) is 10.4. The van der Waals surface area contributed by atoms with Crippen LogP contribution in [0.3, 0.4) is 0 Å². The molecule has 0 spiro atoms. The van der Waals surface area contributed by atoms with Gasteiger partial charge in [-0.25, -0.2) is 13.9 Å². The largest absolute Gasteiger partial charge is 0.497 e. The van der Waals surface area contributed by atoms with Gasteiger partial charge < -0.3 is 4.74 Å². The topological polar surface area (TPSA) is 92.7 Å². The van der Waals surface area contributed by atoms with Gasteiger partial charge in [-0.05, 0) is 37.6 Å². The molecule has 120 valence electrons. The van der Waals surface area contributed by atoms with E-state index in [9.17, 15) is 13.2 Å². The van der Waals surface area contributed by atoms with Gasteiger partial charge in [0.15, 0.2) is 14.6 Å². The number of hydroxylamine groups is 1. The van der Waals surface area contributed by atoms with E-state index in [1.807, 2.05) is 0 Å². The number of carbonyl (C=O) groups excluding carboxylic acids is 1. The van der Waals surface area contributed by atoms with E-state index in [1.54, 1.807) is 6.92 Å². The highest BCUT2D eigenvalue weighted by Gasteiger charge is 2.48. The Morgan fingerprint density at radius 3 is 2.41 bits per heavy atom. The molecule has 1 unspecified atom stereocenters. The molecule has 2 N–H and O–H groups in total. The lowest BCUT2D eigenvalue weighted by molar-refractivity contribution is -0.130. The number of hydrogen-bond donors (Lipinski definition) is 2. The average Bonchev–Trinajstić information content (AvgIpc) is 2.53. The molecule has 0 saturated heterocycles. The molecule has 0 aromatic heterocycles. The zero-order valence-corrected chi connectivity index (χ0v) is 13.3. The van der Waals surface area contributed by atoms with E-state index in [2.05, 4.69) is 6.58 Å². The van der Waals surface area contributed by atoms with Crippen molar-refractivity contribution in [3.8, 4) is 5.75 Å². The molecule has 1 rings (SSSR count). The van der Waals surface area contributed by atoms with Crippen LogP contribution in [0.15, 0.2) is 54.0 Å². The van der Waals surface area contributed by atoms with Crippen molar-refractivity contribution >= 4 is 15.7 Å². The van der Waals surface area contributed by atoms with Crippen molar-refractivity contribution in [1.82, 2.24) is 5.48 Å². The zero-order chi connectivity index (χ0) is 16.8. The van der Waals surface area contributed by atoms with Crippen LogP contribution in [0.5, 0.6) is 5.75 Å². The van der Waals surface area contributed by atoms with Gasteiger partial charge in [-0.15, -0.1) is 6.58 Å². The smallest absolute Gasteiger partial charge is 0.269 e. The van der Waals surface area contributed by atoms with Gasteiger partial charge in [-0.1, -0.05) is 18.2 Å². The second kappa shape index (κ2) is 7.24. The maximum atomic E-state index is 12.9. The van der Waals surface area contributed by atoms with Gasteiger partial charge in [0.2, 0.25) is 0 Å². The summed E-state index contributed by atoms with van der Waals surface area (Å²) in [5, 5.41) is 8.96. The molecule has 0 aliphatic rings. The van der Waals surface area contributed by atoms with Crippen molar-refractivity contribution < 1.29 is 23.2 Å². The highest BCUT2D eigenvalue weighted by Crippen LogP contribution is 2.32. The average molecular weight is 325 g/mol. The molecule has 0 fully saturated rings. The number of rotatable bonds is 7. The predicted octanol–water partition coefficient (Wildman–Crippen LogP) is 1.87. The van der Waals surface area contributed by atoms with Gasteiger partial charge in [0.1, 0.15) is 5.75 Å². The lowest BCUT2D eigenvalue weighted by atomic mass is 10.0. The van der Waals surface area contributed by atoms with Crippen molar-refractivity contribution in [3.63, 3.8) is 0 Å². The van der Waals surface area contributed by atoms with Gasteiger partial charge >= 0.3 is 0 Å². The first-order valence-electron chi connectivity index (χ1n) is 6.47. The number of ether oxygens (including phenoxy) is 1. The fourth-order valence-electron chi connectivity index (χ4n) is 2.10. The number of allylic oxidation sites excluding steroid dienone is 2. The fourth-order valence-corrected chi connectivity index (χ4v) is 3.96. The fraction of sp³-hybridized carbons (Fsp3) is 0.267. The Morgan fingerprint density at radius 2 is 2.00 bits per heavy atom. The molecule has 0 saturated carbocycles. The van der Waals surface area contributed by atoms with E-state index in [1.165, 1.54) is 55.1 Å². The van der Waals surface area contributed by atoms with Crippen LogP contribution in [0.1, 0.15) is 13.3 Å². The van der Waals surface area contributed by atoms with Crippen molar-refractivity contribution in [2.45, 2.75) is 23.0 Å². The number of carbonyl (C=O) groups is 1. The SMILES string of the molecule is C=CCC(C=CC)(C(=O)NO)S(=O)(=O)c1ccc(OC)cc1. The van der Waals surface area contributed by atoms with Crippen LogP contribution in [-0.4, -0.2) is 31.4 Å². The number of benzene rings is 1. The Labute approximate surface area is 130 Å². The van der Waals surface area contributed by atoms with Crippen LogP contribution in [0.2, 0.25) is 0 Å². The van der Waals surface area contributed by atoms with Gasteiger partial charge in [-0.3, -0.25) is 10.0 Å². The van der Waals surface area contributed by atoms with Crippen LogP contribution in [0.25, 0.3) is 0 Å². The molecular weight excluding hydrogens is 306 g/mol. The van der Waals surface area contributed by atoms with Crippen LogP contribution >= 0.6 is 0 Å². The van der Waals surface area contributed by atoms with Crippen molar-refractivity contribution in [2.75, 3.05) is 7.11 Å². The molecule has 1 aromatic rings. The minimum atomic E-state index is -4.11. The summed E-state index contributed by atoms with van der Waals surface area (Å²) in [6.45, 7) is 5.09. The molecule has 0 heterocycles. The molecule has 7 heteroatoms. The zero-order valence-electron chi connectivity index (χ0n) is 12.4. The van der Waals surface area contributed by atoms with Crippen molar-refractivity contribution in [3.05, 3.63) is 49.1 Å². The third kappa shape index (κ3) is 3.05. The van der Waals surface area contributed by atoms with Gasteiger partial charge in [0, 0.05) is 0 Å². The van der Waals surface area contributed by atoms with E-state index in [0.29, 0.717) is 5.75 Å². The Balaban J connectivity index is 3.55. The maximum absolute atomic E-state index is 12.9. The minimum Gasteiger partial charge on any atom is -0.497 e. The van der Waals surface area contributed by atoms with E-state index < -0.39 is 20.5 Å². The Hall–Kier alpha value is -2.12. The number of methoxy groups -OCH3 is 1. The monoisotopic (exact) mass is 325 g/mol. The molecular formula is C15H19NO5S. The molecule has 1 amide bonds. The summed E-state index contributed by atoms with van der Waals surface area (Å²) in [5.41, 5.74) is 1.43. The van der Waals surface area contributed by atoms with E-state index in [4.69, 9.17) is 9.94 Å². The second-order valence-electron chi connectivity index (χ2n) is 4.50. The quantitative estimate of drug-likeness (QED) is 0.453. The molecule has 0 aliphatic carbocycles. The Morgan fingerprint density at radius 1 is 1.41 bits per heavy atom. The third-order valence-electron chi connectivity index (χ3n) is 3.22. The molecule has 1 aromatic carbocycles. The van der Waals surface area contributed by atoms with E-state index in [0.717, 1.165) is 0 Å². The number of nitrogens with one attached hydrogen (secondary N) is 1. The molecule has 22 heavy (non-hydrogen) atoms. The number of sulfone groups is 1. The summed E-state index contributed by atoms with van der Waals surface area (Å²) in [6.07, 6.45) is 3.81. The predicted molar refractivity (Wildman–Crippen MR) is 82.5 cm³/mol. The summed E-state index contributed by atoms with van der Waals surface area (Å²) in [5.74, 6) is -0.549. The molecule has 0 aliphatic heterocycles. The number of amides is 1. The molecule has 1 atom stereocenters. The standard InChI is InChI=1S/C15H19NO5S/c1-4-10-15(11-5-2,14(17)16-18)22(19,20)13-8-6-12(21-3)7-9-13/h4-9,11,18H,1,10H2,2-3H3,(H,16,17). The second-order valence-corrected chi connectivity index (χ2v) is 6.71. The van der Waals surface area contributed by atoms with Gasteiger partial charge in [0.25, 0.3) is 5.91 Å². The minimum absolute atomic E-state index is 0.0585. The van der Waals surface area contributed by atoms with Crippen molar-refractivity contribution in [2.24, 2.45) is 0 Å². The normalized spacial score (nSPS) is 14.3. The Kier molecular flexibility index (Phi) is 5.90. The highest BCUT2D eigenvalue weighted by atomic mass is 32.2. The first-order valence-corrected chi connectivity index (χ1v) is 7.96. The van der Waals surface area contributed by atoms with Crippen LogP contribution < -0.4 is 10.2 Å². The van der Waals surface area contributed by atoms with Crippen LogP contribution in [-0.2, 0) is 14.6 Å². The Bertz CT molecular complexity index is 664. The molecule has 0 radical (unpaired) electrons. The summed E-state index contributed by atoms with van der Waals surface area (Å²) >= 11 is 0. The van der Waals surface area contributed by atoms with Gasteiger partial charge in [0.05, 0.1) is 12.0 Å². The third-order valence-corrected chi connectivity index (χ3v) is 5.56. The molecule has 6 nitrogen and oxygen atoms in total. The van der Waals surface area contributed by atoms with Crippen molar-refractivity contribution in [1.29, 1.82) is 0 Å². The van der Waals surface area contributed by atoms with E-state index >= 15 is 0 Å². The van der Waals surface area contributed by atoms with Crippen LogP contribution in [0, 0.1) is 0 Å². The maximum Gasteiger partial charge on any atom is 0.269 e. The van der Waals surface area contributed by atoms with Crippen LogP contribution in [0.4, 0.5) is 0 Å². The highest BCUT2D eigenvalue weighted by molar-refractivity contribution is 7.93. The summed E-state index contributed by atoms with van der Waals surface area (Å²) in [7, 11) is -2.65. The summed E-state index contributed by atoms with van der Waals surface area (Å²) < 4.78 is 28.9. The summed E-state index contributed by atoms with van der Waals surface area (Å²) in [6, 6.07) is 5.66. The molecule has 0 bridgehead atoms. The summed E-state index contributed by atoms with van der Waals surface area (Å²) in [4.78, 5) is 12.0. The van der Waals surface area contributed by atoms with E-state index in [-0.39, 0.29) is 11.3 Å². The number of hydrogen-bond acceptors (Lipinski definition) is 5. The van der Waals surface area contributed by atoms with Gasteiger partial charge in [-0.2, -0.15) is 0 Å². The first kappa shape index (κ1) is 17.9. The lowest BCUT2D eigenvalue weighted by Crippen LogP contribution is -2.50. The lowest BCUT2D eigenvalue weighted by Gasteiger charge is -2.27.